The summed E-state index contributed by atoms with van der Waals surface area (Å²) in [6.45, 7) is 3.25. The van der Waals surface area contributed by atoms with Crippen LogP contribution in [-0.4, -0.2) is 35.9 Å². The van der Waals surface area contributed by atoms with E-state index < -0.39 is 0 Å². The third-order valence-electron chi connectivity index (χ3n) is 4.84. The highest BCUT2D eigenvalue weighted by Crippen LogP contribution is 2.13. The van der Waals surface area contributed by atoms with Gasteiger partial charge >= 0.3 is 5.69 Å². The molecule has 3 aromatic heterocycles. The number of hydrogen-bond donors (Lipinski definition) is 1. The van der Waals surface area contributed by atoms with Gasteiger partial charge in [-0.3, -0.25) is 9.36 Å². The van der Waals surface area contributed by atoms with E-state index in [1.54, 1.807) is 26.0 Å². The molecule has 1 unspecified atom stereocenters. The van der Waals surface area contributed by atoms with Gasteiger partial charge in [0.1, 0.15) is 11.5 Å². The zero-order valence-electron chi connectivity index (χ0n) is 14.8. The lowest BCUT2D eigenvalue weighted by Crippen LogP contribution is -2.36. The van der Waals surface area contributed by atoms with Gasteiger partial charge in [0.25, 0.3) is 5.91 Å². The molecule has 1 aliphatic rings. The first-order valence-electron chi connectivity index (χ1n) is 9.07. The molecule has 4 rings (SSSR count). The van der Waals surface area contributed by atoms with E-state index in [0.717, 1.165) is 24.2 Å². The number of nitrogens with zero attached hydrogens (tertiary/aromatic N) is 5. The van der Waals surface area contributed by atoms with Crippen LogP contribution in [0.15, 0.2) is 35.3 Å². The highest BCUT2D eigenvalue weighted by molar-refractivity contribution is 5.93. The fraction of sp³-hybridized carbons (Fsp3) is 0.444. The Bertz CT molecular complexity index is 999. The Hall–Kier alpha value is -2.90. The third-order valence-corrected chi connectivity index (χ3v) is 4.84. The molecule has 0 fully saturated rings. The molecule has 26 heavy (non-hydrogen) atoms. The van der Waals surface area contributed by atoms with Crippen LogP contribution in [0.2, 0.25) is 0 Å². The van der Waals surface area contributed by atoms with Crippen molar-refractivity contribution in [2.24, 2.45) is 0 Å². The predicted octanol–water partition coefficient (Wildman–Crippen LogP) is 1.24. The zero-order chi connectivity index (χ0) is 18.1. The lowest BCUT2D eigenvalue weighted by Gasteiger charge is -2.16. The minimum absolute atomic E-state index is 0.00837. The van der Waals surface area contributed by atoms with Gasteiger partial charge in [-0.05, 0) is 37.5 Å². The Labute approximate surface area is 150 Å². The van der Waals surface area contributed by atoms with Gasteiger partial charge in [0.05, 0.1) is 11.7 Å². The van der Waals surface area contributed by atoms with E-state index in [-0.39, 0.29) is 17.6 Å². The average molecular weight is 354 g/mol. The molecule has 1 atom stereocenters. The molecular formula is C18H22N6O2. The molecule has 8 nitrogen and oxygen atoms in total. The number of rotatable bonds is 4. The molecule has 0 aromatic carbocycles. The van der Waals surface area contributed by atoms with E-state index in [0.29, 0.717) is 31.6 Å². The normalized spacial score (nSPS) is 17.0. The summed E-state index contributed by atoms with van der Waals surface area (Å²) >= 11 is 0. The third kappa shape index (κ3) is 2.91. The number of nitrogens with one attached hydrogen (secondary N) is 1. The molecule has 3 aromatic rings. The second-order valence-electron chi connectivity index (χ2n) is 6.65. The van der Waals surface area contributed by atoms with Gasteiger partial charge in [-0.1, -0.05) is 13.0 Å². The van der Waals surface area contributed by atoms with Crippen molar-refractivity contribution in [3.8, 4) is 0 Å². The van der Waals surface area contributed by atoms with Crippen LogP contribution in [0.25, 0.3) is 5.52 Å². The monoisotopic (exact) mass is 354 g/mol. The Morgan fingerprint density at radius 3 is 3.04 bits per heavy atom. The number of hydrogen-bond acceptors (Lipinski definition) is 4. The van der Waals surface area contributed by atoms with Gasteiger partial charge in [-0.2, -0.15) is 10.2 Å². The number of fused-ring (bicyclic) bond motifs is 2. The number of pyridine rings is 1. The molecule has 136 valence electrons. The molecule has 0 aliphatic carbocycles. The van der Waals surface area contributed by atoms with Crippen molar-refractivity contribution in [1.29, 1.82) is 0 Å². The summed E-state index contributed by atoms with van der Waals surface area (Å²) in [5.74, 6) is 0.668. The second kappa shape index (κ2) is 6.78. The van der Waals surface area contributed by atoms with E-state index in [1.807, 2.05) is 25.1 Å². The smallest absolute Gasteiger partial charge is 0.345 e. The van der Waals surface area contributed by atoms with Crippen molar-refractivity contribution >= 4 is 11.4 Å². The molecule has 0 bridgehead atoms. The highest BCUT2D eigenvalue weighted by Gasteiger charge is 2.23. The Morgan fingerprint density at radius 1 is 1.31 bits per heavy atom. The van der Waals surface area contributed by atoms with Crippen LogP contribution in [0.4, 0.5) is 0 Å². The molecule has 8 heteroatoms. The first-order valence-corrected chi connectivity index (χ1v) is 9.07. The average Bonchev–Trinajstić information content (AvgIpc) is 3.17. The SMILES string of the molecule is CCCn1nc2n(c1=O)CCC(NC(=O)c1cccc3ccnn13)CC2. The molecule has 0 spiro atoms. The van der Waals surface area contributed by atoms with Crippen LogP contribution >= 0.6 is 0 Å². The minimum atomic E-state index is -0.146. The van der Waals surface area contributed by atoms with E-state index in [2.05, 4.69) is 15.5 Å². The number of carbonyl (C=O) groups excluding carboxylic acids is 1. The Kier molecular flexibility index (Phi) is 4.32. The Morgan fingerprint density at radius 2 is 2.19 bits per heavy atom. The minimum Gasteiger partial charge on any atom is -0.348 e. The first kappa shape index (κ1) is 16.6. The maximum atomic E-state index is 12.7. The van der Waals surface area contributed by atoms with Crippen molar-refractivity contribution in [3.63, 3.8) is 0 Å². The molecular weight excluding hydrogens is 332 g/mol. The van der Waals surface area contributed by atoms with E-state index >= 15 is 0 Å². The zero-order valence-corrected chi connectivity index (χ0v) is 14.8. The van der Waals surface area contributed by atoms with Crippen molar-refractivity contribution in [3.05, 3.63) is 52.5 Å². The van der Waals surface area contributed by atoms with Gasteiger partial charge in [0, 0.05) is 25.6 Å². The van der Waals surface area contributed by atoms with Gasteiger partial charge in [0.2, 0.25) is 0 Å². The van der Waals surface area contributed by atoms with Crippen molar-refractivity contribution in [2.75, 3.05) is 0 Å². The standard InChI is InChI=1S/C18H22N6O2/c1-2-11-23-18(26)22-12-9-13(6-7-16(22)21-23)20-17(25)15-5-3-4-14-8-10-19-24(14)15/h3-5,8,10,13H,2,6-7,9,11-12H2,1H3,(H,20,25). The van der Waals surface area contributed by atoms with Crippen LogP contribution in [0.5, 0.6) is 0 Å². The molecule has 1 aliphatic heterocycles. The molecule has 0 saturated carbocycles. The molecule has 0 saturated heterocycles. The molecule has 4 heterocycles. The van der Waals surface area contributed by atoms with Gasteiger partial charge in [0.15, 0.2) is 0 Å². The summed E-state index contributed by atoms with van der Waals surface area (Å²) < 4.78 is 4.93. The summed E-state index contributed by atoms with van der Waals surface area (Å²) in [6.07, 6.45) is 4.73. The summed E-state index contributed by atoms with van der Waals surface area (Å²) in [7, 11) is 0. The Balaban J connectivity index is 1.48. The largest absolute Gasteiger partial charge is 0.348 e. The lowest BCUT2D eigenvalue weighted by molar-refractivity contribution is 0.0925. The topological polar surface area (TPSA) is 86.2 Å². The predicted molar refractivity (Wildman–Crippen MR) is 96.2 cm³/mol. The molecule has 1 N–H and O–H groups in total. The fourth-order valence-electron chi connectivity index (χ4n) is 3.51. The summed E-state index contributed by atoms with van der Waals surface area (Å²) in [6, 6.07) is 7.40. The lowest BCUT2D eigenvalue weighted by atomic mass is 10.1. The van der Waals surface area contributed by atoms with Crippen molar-refractivity contribution in [1.82, 2.24) is 29.3 Å². The van der Waals surface area contributed by atoms with Gasteiger partial charge < -0.3 is 5.32 Å². The van der Waals surface area contributed by atoms with Gasteiger partial charge in [-0.15, -0.1) is 0 Å². The van der Waals surface area contributed by atoms with Crippen molar-refractivity contribution < 1.29 is 4.79 Å². The number of amides is 1. The quantitative estimate of drug-likeness (QED) is 0.764. The fourth-order valence-corrected chi connectivity index (χ4v) is 3.51. The van der Waals surface area contributed by atoms with Crippen LogP contribution in [-0.2, 0) is 19.5 Å². The second-order valence-corrected chi connectivity index (χ2v) is 6.65. The van der Waals surface area contributed by atoms with E-state index in [1.165, 1.54) is 0 Å². The van der Waals surface area contributed by atoms with Crippen LogP contribution < -0.4 is 11.0 Å². The molecule has 0 radical (unpaired) electrons. The van der Waals surface area contributed by atoms with Gasteiger partial charge in [-0.25, -0.2) is 14.0 Å². The van der Waals surface area contributed by atoms with E-state index in [9.17, 15) is 9.59 Å². The summed E-state index contributed by atoms with van der Waals surface area (Å²) in [4.78, 5) is 25.1. The number of carbonyl (C=O) groups is 1. The number of aryl methyl sites for hydroxylation is 2. The number of aromatic nitrogens is 5. The highest BCUT2D eigenvalue weighted by atomic mass is 16.2. The maximum absolute atomic E-state index is 12.7. The van der Waals surface area contributed by atoms with Crippen LogP contribution in [0.3, 0.4) is 0 Å². The van der Waals surface area contributed by atoms with Crippen LogP contribution in [0.1, 0.15) is 42.5 Å². The maximum Gasteiger partial charge on any atom is 0.345 e. The summed E-state index contributed by atoms with van der Waals surface area (Å²) in [5.41, 5.74) is 1.35. The first-order chi connectivity index (χ1) is 12.7. The summed E-state index contributed by atoms with van der Waals surface area (Å²) in [5, 5.41) is 11.7. The van der Waals surface area contributed by atoms with Crippen molar-refractivity contribution in [2.45, 2.75) is 51.7 Å². The molecule has 1 amide bonds. The van der Waals surface area contributed by atoms with E-state index in [4.69, 9.17) is 0 Å². The van der Waals surface area contributed by atoms with Crippen LogP contribution in [0, 0.1) is 0 Å².